The molecule has 0 aromatic heterocycles. The number of hydrogen-bond acceptors (Lipinski definition) is 6. The van der Waals surface area contributed by atoms with E-state index in [1.165, 1.54) is 69.9 Å². The van der Waals surface area contributed by atoms with E-state index in [0.717, 1.165) is 12.8 Å². The zero-order valence-electron chi connectivity index (χ0n) is 27.7. The molecule has 7 heteroatoms. The molecule has 0 bridgehead atoms. The van der Waals surface area contributed by atoms with Crippen molar-refractivity contribution in [1.82, 2.24) is 0 Å². The predicted molar refractivity (Wildman–Crippen MR) is 170 cm³/mol. The summed E-state index contributed by atoms with van der Waals surface area (Å²) < 4.78 is 22.7. The van der Waals surface area contributed by atoms with Crippen molar-refractivity contribution in [3.8, 4) is 0 Å². The highest BCUT2D eigenvalue weighted by atomic mass is 19.1. The number of halogens is 1. The fourth-order valence-corrected chi connectivity index (χ4v) is 9.58. The van der Waals surface area contributed by atoms with Gasteiger partial charge in [-0.2, -0.15) is 0 Å². The number of rotatable bonds is 16. The molecule has 2 N–H and O–H groups in total. The maximum atomic E-state index is 17.3. The minimum Gasteiger partial charge on any atom is -0.458 e. The van der Waals surface area contributed by atoms with Crippen molar-refractivity contribution in [3.05, 3.63) is 23.8 Å². The molecule has 4 aliphatic rings. The van der Waals surface area contributed by atoms with Crippen LogP contribution in [0.25, 0.3) is 0 Å². The Morgan fingerprint density at radius 2 is 1.57 bits per heavy atom. The van der Waals surface area contributed by atoms with Crippen LogP contribution in [0.15, 0.2) is 23.8 Å². The lowest BCUT2D eigenvalue weighted by Crippen LogP contribution is -2.69. The summed E-state index contributed by atoms with van der Waals surface area (Å²) in [6.07, 6.45) is 19.0. The third-order valence-corrected chi connectivity index (χ3v) is 12.2. The van der Waals surface area contributed by atoms with Gasteiger partial charge in [-0.25, -0.2) is 4.39 Å². The van der Waals surface area contributed by atoms with E-state index in [4.69, 9.17) is 4.74 Å². The van der Waals surface area contributed by atoms with Gasteiger partial charge in [0.05, 0.1) is 6.10 Å². The van der Waals surface area contributed by atoms with Crippen molar-refractivity contribution in [2.75, 3.05) is 6.61 Å². The van der Waals surface area contributed by atoms with E-state index in [1.54, 1.807) is 26.8 Å². The highest BCUT2D eigenvalue weighted by Gasteiger charge is 2.75. The second-order valence-corrected chi connectivity index (χ2v) is 14.9. The van der Waals surface area contributed by atoms with Gasteiger partial charge < -0.3 is 14.9 Å². The lowest BCUT2D eigenvalue weighted by atomic mass is 9.44. The number of aliphatic hydroxyl groups excluding tert-OH is 1. The summed E-state index contributed by atoms with van der Waals surface area (Å²) >= 11 is 0. The van der Waals surface area contributed by atoms with Crippen molar-refractivity contribution >= 4 is 17.5 Å². The molecule has 44 heavy (non-hydrogen) atoms. The Morgan fingerprint density at radius 1 is 0.977 bits per heavy atom. The van der Waals surface area contributed by atoms with E-state index >= 15 is 4.39 Å². The van der Waals surface area contributed by atoms with E-state index < -0.39 is 58.4 Å². The molecule has 4 rings (SSSR count). The predicted octanol–water partition coefficient (Wildman–Crippen LogP) is 7.54. The Bertz CT molecular complexity index is 1120. The first kappa shape index (κ1) is 35.0. The van der Waals surface area contributed by atoms with Gasteiger partial charge in [-0.1, -0.05) is 103 Å². The highest BCUT2D eigenvalue weighted by molar-refractivity contribution is 6.01. The summed E-state index contributed by atoms with van der Waals surface area (Å²) in [5.74, 6) is -2.59. The van der Waals surface area contributed by atoms with Crippen LogP contribution in [0.5, 0.6) is 0 Å². The van der Waals surface area contributed by atoms with Crippen LogP contribution >= 0.6 is 0 Å². The molecule has 4 aliphatic carbocycles. The summed E-state index contributed by atoms with van der Waals surface area (Å²) in [5.41, 5.74) is -5.36. The smallest absolute Gasteiger partial charge is 0.306 e. The van der Waals surface area contributed by atoms with Crippen LogP contribution in [0.4, 0.5) is 4.39 Å². The van der Waals surface area contributed by atoms with Crippen LogP contribution < -0.4 is 0 Å². The number of hydrogen-bond donors (Lipinski definition) is 2. The first-order valence-corrected chi connectivity index (χ1v) is 17.6. The molecule has 3 fully saturated rings. The van der Waals surface area contributed by atoms with Crippen LogP contribution in [0.2, 0.25) is 0 Å². The molecule has 6 nitrogen and oxygen atoms in total. The molecule has 0 radical (unpaired) electrons. The number of carbonyl (C=O) groups is 3. The van der Waals surface area contributed by atoms with Gasteiger partial charge in [0.2, 0.25) is 5.78 Å². The number of unbranched alkanes of at least 4 members (excludes halogenated alkanes) is 11. The fraction of sp³-hybridized carbons (Fsp3) is 0.811. The third kappa shape index (κ3) is 6.26. The zero-order valence-corrected chi connectivity index (χ0v) is 27.7. The summed E-state index contributed by atoms with van der Waals surface area (Å²) in [6, 6.07) is 0. The summed E-state index contributed by atoms with van der Waals surface area (Å²) in [5, 5.41) is 23.5. The number of Topliss-reactive ketones (excluding diaryl/α,β-unsaturated/α-hetero) is 1. The Morgan fingerprint density at radius 3 is 2.18 bits per heavy atom. The minimum atomic E-state index is -2.02. The van der Waals surface area contributed by atoms with Gasteiger partial charge in [-0.15, -0.1) is 0 Å². The average Bonchev–Trinajstić information content (AvgIpc) is 3.19. The Labute approximate surface area is 264 Å². The molecule has 0 heterocycles. The van der Waals surface area contributed by atoms with E-state index in [1.807, 2.05) is 0 Å². The van der Waals surface area contributed by atoms with Crippen LogP contribution in [0.3, 0.4) is 0 Å². The maximum Gasteiger partial charge on any atom is 0.306 e. The summed E-state index contributed by atoms with van der Waals surface area (Å²) in [6.45, 7) is 7.07. The number of alkyl halides is 1. The number of allylic oxidation sites excluding steroid dienone is 4. The van der Waals surface area contributed by atoms with Crippen molar-refractivity contribution in [2.45, 2.75) is 154 Å². The zero-order chi connectivity index (χ0) is 32.2. The first-order chi connectivity index (χ1) is 20.9. The van der Waals surface area contributed by atoms with Gasteiger partial charge in [0.25, 0.3) is 0 Å². The second-order valence-electron chi connectivity index (χ2n) is 14.9. The van der Waals surface area contributed by atoms with Gasteiger partial charge in [-0.05, 0) is 63.0 Å². The summed E-state index contributed by atoms with van der Waals surface area (Å²) in [4.78, 5) is 38.2. The SMILES string of the molecule is CCCCCCCCCCCCCCC(=O)OCC(=O)[C@@]1(O)[C@H](C)C[C@H]2[C@@H]3CCC4=CC(=O)C=C[C@]4(C)[C@@]3(F)[C@@H](O)C[C@@]21C. The van der Waals surface area contributed by atoms with Gasteiger partial charge in [0, 0.05) is 23.2 Å². The molecular weight excluding hydrogens is 559 g/mol. The number of fused-ring (bicyclic) bond motifs is 5. The first-order valence-electron chi connectivity index (χ1n) is 17.6. The number of carbonyl (C=O) groups excluding carboxylic acids is 3. The number of ether oxygens (including phenoxy) is 1. The number of esters is 1. The Kier molecular flexibility index (Phi) is 11.4. The van der Waals surface area contributed by atoms with Crippen LogP contribution in [-0.4, -0.2) is 51.7 Å². The van der Waals surface area contributed by atoms with E-state index in [0.29, 0.717) is 31.3 Å². The van der Waals surface area contributed by atoms with E-state index in [2.05, 4.69) is 6.92 Å². The van der Waals surface area contributed by atoms with Crippen LogP contribution in [-0.2, 0) is 19.1 Å². The molecule has 0 aromatic carbocycles. The standard InChI is InChI=1S/C37H57FO6/c1-5-6-7-8-9-10-11-12-13-14-15-16-17-33(42)44-25-32(41)37(43)26(2)22-30-29-19-18-27-23-28(39)20-21-34(27,3)36(29,38)31(40)24-35(30,37)4/h20-21,23,26,29-31,40,43H,5-19,22,24-25H2,1-4H3/t26-,29+,30+,31+,34+,35+,36+,37+/m1/s1. The highest BCUT2D eigenvalue weighted by Crippen LogP contribution is 2.70. The monoisotopic (exact) mass is 616 g/mol. The molecule has 248 valence electrons. The lowest BCUT2D eigenvalue weighted by molar-refractivity contribution is -0.220. The number of aliphatic hydroxyl groups is 2. The summed E-state index contributed by atoms with van der Waals surface area (Å²) in [7, 11) is 0. The maximum absolute atomic E-state index is 17.3. The normalized spacial score (nSPS) is 37.6. The molecule has 8 atom stereocenters. The largest absolute Gasteiger partial charge is 0.458 e. The molecule has 0 aliphatic heterocycles. The van der Waals surface area contributed by atoms with Gasteiger partial charge in [0.15, 0.2) is 18.1 Å². The van der Waals surface area contributed by atoms with Crippen LogP contribution in [0.1, 0.15) is 137 Å². The fourth-order valence-electron chi connectivity index (χ4n) is 9.58. The topological polar surface area (TPSA) is 101 Å². The molecule has 0 saturated heterocycles. The van der Waals surface area contributed by atoms with E-state index in [-0.39, 0.29) is 24.5 Å². The minimum absolute atomic E-state index is 0.0886. The Balaban J connectivity index is 1.27. The average molecular weight is 617 g/mol. The molecule has 0 aromatic rings. The molecule has 0 amide bonds. The Hall–Kier alpha value is -1.86. The van der Waals surface area contributed by atoms with Gasteiger partial charge in [0.1, 0.15) is 5.60 Å². The third-order valence-electron chi connectivity index (χ3n) is 12.2. The molecule has 0 unspecified atom stereocenters. The lowest BCUT2D eigenvalue weighted by Gasteiger charge is -2.62. The molecular formula is C37H57FO6. The van der Waals surface area contributed by atoms with Gasteiger partial charge >= 0.3 is 5.97 Å². The number of ketones is 2. The van der Waals surface area contributed by atoms with Crippen LogP contribution in [0, 0.1) is 28.6 Å². The molecule has 3 saturated carbocycles. The quantitative estimate of drug-likeness (QED) is 0.137. The van der Waals surface area contributed by atoms with Crippen molar-refractivity contribution in [3.63, 3.8) is 0 Å². The molecule has 0 spiro atoms. The van der Waals surface area contributed by atoms with Crippen molar-refractivity contribution in [2.24, 2.45) is 28.6 Å². The van der Waals surface area contributed by atoms with E-state index in [9.17, 15) is 24.6 Å². The van der Waals surface area contributed by atoms with Crippen molar-refractivity contribution in [1.29, 1.82) is 0 Å². The van der Waals surface area contributed by atoms with Crippen molar-refractivity contribution < 1.29 is 33.7 Å². The van der Waals surface area contributed by atoms with Gasteiger partial charge in [-0.3, -0.25) is 14.4 Å². The second kappa shape index (κ2) is 14.3.